The van der Waals surface area contributed by atoms with Gasteiger partial charge in [-0.25, -0.2) is 29.9 Å². The molecule has 2 amide bonds. The lowest BCUT2D eigenvalue weighted by molar-refractivity contribution is -0.128. The monoisotopic (exact) mass is 1180 g/mol. The van der Waals surface area contributed by atoms with E-state index in [0.29, 0.717) is 134 Å². The number of aldehydes is 2. The number of nitrogens with one attached hydrogen (secondary N) is 1. The summed E-state index contributed by atoms with van der Waals surface area (Å²) in [5.41, 5.74) is 17.6. The molecule has 2 aliphatic rings. The van der Waals surface area contributed by atoms with E-state index in [0.717, 1.165) is 71.9 Å². The van der Waals surface area contributed by atoms with Gasteiger partial charge >= 0.3 is 0 Å². The molecule has 0 saturated heterocycles. The van der Waals surface area contributed by atoms with Gasteiger partial charge in [-0.2, -0.15) is 5.10 Å². The highest BCUT2D eigenvalue weighted by Crippen LogP contribution is 2.39. The van der Waals surface area contributed by atoms with Gasteiger partial charge in [0.15, 0.2) is 18.4 Å². The van der Waals surface area contributed by atoms with E-state index in [1.54, 1.807) is 29.4 Å². The van der Waals surface area contributed by atoms with Crippen molar-refractivity contribution in [2.75, 3.05) is 45.6 Å². The van der Waals surface area contributed by atoms with Crippen molar-refractivity contribution in [3.05, 3.63) is 162 Å². The van der Waals surface area contributed by atoms with E-state index in [1.807, 2.05) is 142 Å². The number of carbonyl (C=O) groups excluding carboxylic acids is 4. The van der Waals surface area contributed by atoms with Crippen LogP contribution in [0.1, 0.15) is 138 Å². The number of hydrogen-bond acceptors (Lipinski definition) is 14. The number of rotatable bonds is 23. The molecule has 0 radical (unpaired) electrons. The Hall–Kier alpha value is -8.67. The Balaban J connectivity index is 1.06. The number of halogens is 2. The highest BCUT2D eigenvalue weighted by Gasteiger charge is 2.26. The third-order valence-electron chi connectivity index (χ3n) is 14.2. The van der Waals surface area contributed by atoms with Crippen LogP contribution in [0.5, 0.6) is 0 Å². The van der Waals surface area contributed by atoms with Crippen molar-refractivity contribution in [1.29, 1.82) is 0 Å². The van der Waals surface area contributed by atoms with Gasteiger partial charge in [0.1, 0.15) is 23.3 Å². The van der Waals surface area contributed by atoms with Crippen LogP contribution in [0.2, 0.25) is 10.0 Å². The Morgan fingerprint density at radius 1 is 0.624 bits per heavy atom. The molecule has 0 spiro atoms. The Morgan fingerprint density at radius 3 is 1.75 bits per heavy atom. The summed E-state index contributed by atoms with van der Waals surface area (Å²) in [5.74, 6) is 2.12. The number of amidine groups is 2. The number of hydrogen-bond donors (Lipinski definition) is 2. The maximum Gasteiger partial charge on any atom is 0.250 e. The molecule has 85 heavy (non-hydrogen) atoms. The third kappa shape index (κ3) is 16.0. The van der Waals surface area contributed by atoms with Gasteiger partial charge in [0.25, 0.3) is 0 Å². The van der Waals surface area contributed by atoms with E-state index in [1.165, 1.54) is 0 Å². The minimum Gasteiger partial charge on any atom is -0.387 e. The SMILES string of the molecule is CCCN(CCC)C(=O)C1=Cc2c(Cl)cc(-c3ccc(C=O)c(/C=C\N(C)Cc4nc(C)cc(N=C5CC(C(=O)N(CCC)CCC)=Cc6c(Cl)cc(-c7ccc(C=O)c(/C=N\N(C)Cc8nc(C)cc(C)n8)c7)cc6N5)n4)c3)cc2N=C(N)C1. The molecule has 17 nitrogen and oxygen atoms in total. The topological polar surface area (TPSA) is 208 Å². The average Bonchev–Trinajstić information content (AvgIpc) is 4.05. The maximum absolute atomic E-state index is 14.5. The summed E-state index contributed by atoms with van der Waals surface area (Å²) < 4.78 is 0. The summed E-state index contributed by atoms with van der Waals surface area (Å²) in [4.78, 5) is 87.0. The van der Waals surface area contributed by atoms with Gasteiger partial charge in [0.2, 0.25) is 11.8 Å². The molecule has 2 aliphatic heterocycles. The molecule has 2 aromatic heterocycles. The molecule has 440 valence electrons. The zero-order chi connectivity index (χ0) is 60.9. The number of amides is 2. The minimum atomic E-state index is -0.104. The number of carbonyl (C=O) groups is 4. The van der Waals surface area contributed by atoms with Gasteiger partial charge in [0, 0.05) is 121 Å². The number of hydrazone groups is 1. The molecule has 0 unspecified atom stereocenters. The Labute approximate surface area is 508 Å². The summed E-state index contributed by atoms with van der Waals surface area (Å²) in [6.07, 6.45) is 14.3. The van der Waals surface area contributed by atoms with Crippen LogP contribution < -0.4 is 11.1 Å². The van der Waals surface area contributed by atoms with E-state index >= 15 is 0 Å². The van der Waals surface area contributed by atoms with Crippen molar-refractivity contribution < 1.29 is 19.2 Å². The van der Waals surface area contributed by atoms with E-state index in [9.17, 15) is 19.2 Å². The van der Waals surface area contributed by atoms with Crippen LogP contribution in [0.3, 0.4) is 0 Å². The first-order chi connectivity index (χ1) is 40.9. The summed E-state index contributed by atoms with van der Waals surface area (Å²) >= 11 is 14.2. The molecular formula is C66H73Cl2N13O4. The van der Waals surface area contributed by atoms with Crippen molar-refractivity contribution in [2.45, 2.75) is 100 Å². The average molecular weight is 1180 g/mol. The van der Waals surface area contributed by atoms with E-state index in [4.69, 9.17) is 48.9 Å². The lowest BCUT2D eigenvalue weighted by Crippen LogP contribution is -2.34. The highest BCUT2D eigenvalue weighted by atomic mass is 35.5. The zero-order valence-electron chi connectivity index (χ0n) is 49.8. The first-order valence-electron chi connectivity index (χ1n) is 28.7. The van der Waals surface area contributed by atoms with Gasteiger partial charge in [-0.3, -0.25) is 24.2 Å². The molecule has 4 aromatic carbocycles. The molecule has 0 fully saturated rings. The number of aromatic nitrogens is 4. The van der Waals surface area contributed by atoms with Gasteiger partial charge in [-0.1, -0.05) is 75.2 Å². The summed E-state index contributed by atoms with van der Waals surface area (Å²) in [6, 6.07) is 22.3. The van der Waals surface area contributed by atoms with Gasteiger partial charge in [-0.15, -0.1) is 0 Å². The quantitative estimate of drug-likeness (QED) is 0.0349. The second-order valence-corrected chi connectivity index (χ2v) is 22.3. The number of nitrogens with zero attached hydrogens (tertiary/aromatic N) is 11. The van der Waals surface area contributed by atoms with Crippen molar-refractivity contribution >= 4 is 101 Å². The van der Waals surface area contributed by atoms with Crippen LogP contribution >= 0.6 is 23.2 Å². The maximum atomic E-state index is 14.5. The van der Waals surface area contributed by atoms with Crippen LogP contribution in [0.15, 0.2) is 105 Å². The van der Waals surface area contributed by atoms with Crippen LogP contribution in [0.25, 0.3) is 40.5 Å². The molecule has 4 heterocycles. The number of anilines is 1. The number of benzene rings is 4. The normalized spacial score (nSPS) is 13.5. The van der Waals surface area contributed by atoms with Crippen molar-refractivity contribution in [3.63, 3.8) is 0 Å². The molecule has 8 rings (SSSR count). The molecule has 0 atom stereocenters. The van der Waals surface area contributed by atoms with E-state index < -0.39 is 0 Å². The molecule has 0 bridgehead atoms. The highest BCUT2D eigenvalue weighted by molar-refractivity contribution is 6.34. The van der Waals surface area contributed by atoms with Crippen LogP contribution in [0.4, 0.5) is 17.2 Å². The van der Waals surface area contributed by atoms with Crippen LogP contribution in [0, 0.1) is 20.8 Å². The van der Waals surface area contributed by atoms with Gasteiger partial charge < -0.3 is 25.8 Å². The predicted molar refractivity (Wildman–Crippen MR) is 344 cm³/mol. The smallest absolute Gasteiger partial charge is 0.250 e. The van der Waals surface area contributed by atoms with Crippen molar-refractivity contribution in [3.8, 4) is 22.3 Å². The van der Waals surface area contributed by atoms with Crippen LogP contribution in [-0.4, -0.2) is 122 Å². The third-order valence-corrected chi connectivity index (χ3v) is 14.8. The van der Waals surface area contributed by atoms with E-state index in [2.05, 4.69) is 34.2 Å². The fourth-order valence-electron chi connectivity index (χ4n) is 10.3. The Bertz CT molecular complexity index is 3690. The minimum absolute atomic E-state index is 0.0733. The molecule has 0 aliphatic carbocycles. The fourth-order valence-corrected chi connectivity index (χ4v) is 10.9. The summed E-state index contributed by atoms with van der Waals surface area (Å²) in [5, 5.41) is 10.7. The second kappa shape index (κ2) is 28.7. The second-order valence-electron chi connectivity index (χ2n) is 21.4. The largest absolute Gasteiger partial charge is 0.387 e. The first-order valence-corrected chi connectivity index (χ1v) is 29.5. The Morgan fingerprint density at radius 2 is 1.15 bits per heavy atom. The lowest BCUT2D eigenvalue weighted by Gasteiger charge is -2.23. The zero-order valence-corrected chi connectivity index (χ0v) is 51.4. The van der Waals surface area contributed by atoms with Gasteiger partial charge in [-0.05, 0) is 141 Å². The standard InChI is InChI=1S/C66H73Cl2N13O4/c1-10-19-80(20-11-2)65(84)51-28-54-56(67)30-49(32-58(54)74-60(69)34-51)44-14-16-47(39-82)46(26-44)18-23-78(8)37-63-73-43(7)25-61(77-63)76-62-35-52(66(85)81(21-12-3)22-13-4)29-55-57(68)31-50(33-59(55)75-62)45-15-17-48(40-83)53(27-45)36-70-79(9)38-64-71-41(5)24-42(6)72-64/h14-18,23-33,36,39-40H,10-13,19-22,34-35,37-38H2,1-9H3,(H2,69,74)(H,73,75,76,77)/b23-18-,70-36-. The first kappa shape index (κ1) is 62.4. The molecule has 0 saturated carbocycles. The number of fused-ring (bicyclic) bond motifs is 2. The molecule has 6 aromatic rings. The summed E-state index contributed by atoms with van der Waals surface area (Å²) in [7, 11) is 3.71. The number of aryl methyl sites for hydroxylation is 3. The number of nitrogens with two attached hydrogens (primary N) is 1. The molecular weight excluding hydrogens is 1110 g/mol. The van der Waals surface area contributed by atoms with Crippen LogP contribution in [-0.2, 0) is 22.7 Å². The summed E-state index contributed by atoms with van der Waals surface area (Å²) in [6.45, 7) is 17.1. The van der Waals surface area contributed by atoms with Crippen molar-refractivity contribution in [2.24, 2.45) is 20.8 Å². The van der Waals surface area contributed by atoms with Crippen molar-refractivity contribution in [1.82, 2.24) is 39.6 Å². The molecule has 19 heteroatoms. The van der Waals surface area contributed by atoms with Gasteiger partial charge in [0.05, 0.1) is 35.0 Å². The Kier molecular flexibility index (Phi) is 21.1. The number of aliphatic imine (C=N–C) groups is 2. The van der Waals surface area contributed by atoms with E-state index in [-0.39, 0.29) is 31.2 Å². The molecule has 3 N–H and O–H groups in total. The fraction of sp³-hybridized carbons (Fsp3) is 0.318. The lowest BCUT2D eigenvalue weighted by atomic mass is 9.97. The predicted octanol–water partition coefficient (Wildman–Crippen LogP) is 13.0.